The first kappa shape index (κ1) is 22.7. The summed E-state index contributed by atoms with van der Waals surface area (Å²) in [6, 6.07) is 17.1. The predicted molar refractivity (Wildman–Crippen MR) is 128 cm³/mol. The normalized spacial score (nSPS) is 17.6. The molecule has 1 amide bonds. The van der Waals surface area contributed by atoms with Crippen LogP contribution in [0.5, 0.6) is 5.75 Å². The number of aliphatic hydroxyl groups is 1. The zero-order valence-corrected chi connectivity index (χ0v) is 19.8. The maximum absolute atomic E-state index is 13.1. The van der Waals surface area contributed by atoms with Crippen LogP contribution >= 0.6 is 15.9 Å². The Labute approximate surface area is 200 Å². The molecule has 3 aromatic rings. The van der Waals surface area contributed by atoms with Gasteiger partial charge in [-0.3, -0.25) is 14.6 Å². The highest BCUT2D eigenvalue weighted by molar-refractivity contribution is 9.10. The zero-order valence-electron chi connectivity index (χ0n) is 18.2. The molecule has 1 aromatic heterocycles. The zero-order chi connectivity index (χ0) is 23.5. The third kappa shape index (κ3) is 4.83. The average Bonchev–Trinajstić information content (AvgIpc) is 3.05. The first-order valence-electron chi connectivity index (χ1n) is 10.5. The lowest BCUT2D eigenvalue weighted by molar-refractivity contribution is -0.140. The van der Waals surface area contributed by atoms with E-state index in [1.807, 2.05) is 44.2 Å². The van der Waals surface area contributed by atoms with E-state index < -0.39 is 17.7 Å². The molecule has 1 aliphatic rings. The van der Waals surface area contributed by atoms with Gasteiger partial charge in [-0.1, -0.05) is 34.1 Å². The summed E-state index contributed by atoms with van der Waals surface area (Å²) >= 11 is 3.42. The number of benzene rings is 2. The van der Waals surface area contributed by atoms with Gasteiger partial charge in [0.15, 0.2) is 0 Å². The molecule has 0 aliphatic carbocycles. The van der Waals surface area contributed by atoms with Gasteiger partial charge in [0.05, 0.1) is 17.7 Å². The smallest absolute Gasteiger partial charge is 0.295 e. The van der Waals surface area contributed by atoms with E-state index in [1.165, 1.54) is 4.90 Å². The summed E-state index contributed by atoms with van der Waals surface area (Å²) in [4.78, 5) is 31.8. The second-order valence-electron chi connectivity index (χ2n) is 8.03. The van der Waals surface area contributed by atoms with Gasteiger partial charge in [0.1, 0.15) is 11.5 Å². The topological polar surface area (TPSA) is 79.7 Å². The molecule has 1 N–H and O–H groups in total. The molecule has 7 heteroatoms. The third-order valence-corrected chi connectivity index (χ3v) is 5.83. The summed E-state index contributed by atoms with van der Waals surface area (Å²) in [5.41, 5.74) is 2.01. The highest BCUT2D eigenvalue weighted by Gasteiger charge is 2.46. The fraction of sp³-hybridized carbons (Fsp3) is 0.192. The minimum Gasteiger partial charge on any atom is -0.507 e. The summed E-state index contributed by atoms with van der Waals surface area (Å²) in [7, 11) is 0. The van der Waals surface area contributed by atoms with Crippen molar-refractivity contribution in [1.29, 1.82) is 0 Å². The Bertz CT molecular complexity index is 1190. The molecule has 2 aromatic carbocycles. The number of hydrogen-bond acceptors (Lipinski definition) is 5. The van der Waals surface area contributed by atoms with E-state index in [9.17, 15) is 14.7 Å². The van der Waals surface area contributed by atoms with E-state index >= 15 is 0 Å². The Hall–Kier alpha value is -3.45. The fourth-order valence-corrected chi connectivity index (χ4v) is 4.11. The molecule has 33 heavy (non-hydrogen) atoms. The van der Waals surface area contributed by atoms with E-state index in [1.54, 1.807) is 42.7 Å². The number of likely N-dealkylation sites (tertiary alicyclic amines) is 1. The number of aromatic nitrogens is 1. The van der Waals surface area contributed by atoms with E-state index in [2.05, 4.69) is 20.9 Å². The molecule has 0 unspecified atom stereocenters. The molecular formula is C26H23BrN2O4. The molecule has 1 saturated heterocycles. The molecule has 0 bridgehead atoms. The van der Waals surface area contributed by atoms with Crippen LogP contribution in [0.4, 0.5) is 0 Å². The van der Waals surface area contributed by atoms with Crippen molar-refractivity contribution in [3.8, 4) is 5.75 Å². The number of ether oxygens (including phenoxy) is 1. The van der Waals surface area contributed by atoms with E-state index in [0.717, 1.165) is 15.6 Å². The first-order chi connectivity index (χ1) is 15.8. The van der Waals surface area contributed by atoms with Crippen LogP contribution in [0.1, 0.15) is 36.6 Å². The molecule has 0 radical (unpaired) electrons. The minimum atomic E-state index is -0.732. The van der Waals surface area contributed by atoms with E-state index in [0.29, 0.717) is 11.3 Å². The van der Waals surface area contributed by atoms with Crippen molar-refractivity contribution in [3.05, 3.63) is 99.8 Å². The van der Waals surface area contributed by atoms with Crippen LogP contribution < -0.4 is 4.74 Å². The largest absolute Gasteiger partial charge is 0.507 e. The van der Waals surface area contributed by atoms with Gasteiger partial charge in [0.2, 0.25) is 0 Å². The predicted octanol–water partition coefficient (Wildman–Crippen LogP) is 5.25. The van der Waals surface area contributed by atoms with Crippen LogP contribution in [0.2, 0.25) is 0 Å². The Morgan fingerprint density at radius 2 is 1.79 bits per heavy atom. The molecule has 168 valence electrons. The van der Waals surface area contributed by atoms with E-state index in [-0.39, 0.29) is 24.0 Å². The van der Waals surface area contributed by atoms with Gasteiger partial charge in [-0.15, -0.1) is 0 Å². The van der Waals surface area contributed by atoms with Gasteiger partial charge < -0.3 is 14.7 Å². The summed E-state index contributed by atoms with van der Waals surface area (Å²) in [6.07, 6.45) is 3.32. The summed E-state index contributed by atoms with van der Waals surface area (Å²) in [6.45, 7) is 4.04. The molecule has 1 fully saturated rings. The standard InChI is InChI=1S/C26H23BrN2O4/c1-16(2)33-21-11-7-19(8-12-21)24(30)22-23(18-5-9-20(27)10-6-18)29(26(32)25(22)31)15-17-4-3-13-28-14-17/h3-14,16,23,30H,15H2,1-2H3/t23-/m0/s1. The number of Topliss-reactive ketones (excluding diaryl/α,β-unsaturated/α-hetero) is 1. The molecule has 1 aliphatic heterocycles. The molecule has 4 rings (SSSR count). The molecule has 0 spiro atoms. The number of carbonyl (C=O) groups is 2. The van der Waals surface area contributed by atoms with Crippen LogP contribution in [-0.2, 0) is 16.1 Å². The van der Waals surface area contributed by atoms with Crippen LogP contribution in [0.3, 0.4) is 0 Å². The van der Waals surface area contributed by atoms with E-state index in [4.69, 9.17) is 4.74 Å². The van der Waals surface area contributed by atoms with Crippen molar-refractivity contribution in [2.75, 3.05) is 0 Å². The van der Waals surface area contributed by atoms with Crippen molar-refractivity contribution in [2.24, 2.45) is 0 Å². The first-order valence-corrected chi connectivity index (χ1v) is 11.3. The highest BCUT2D eigenvalue weighted by atomic mass is 79.9. The second kappa shape index (κ2) is 9.58. The fourth-order valence-electron chi connectivity index (χ4n) is 3.84. The lowest BCUT2D eigenvalue weighted by Gasteiger charge is -2.25. The summed E-state index contributed by atoms with van der Waals surface area (Å²) in [5.74, 6) is -0.936. The quantitative estimate of drug-likeness (QED) is 0.280. The van der Waals surface area contributed by atoms with Gasteiger partial charge >= 0.3 is 0 Å². The van der Waals surface area contributed by atoms with Gasteiger partial charge in [-0.2, -0.15) is 0 Å². The van der Waals surface area contributed by atoms with Crippen molar-refractivity contribution in [3.63, 3.8) is 0 Å². The third-order valence-electron chi connectivity index (χ3n) is 5.30. The van der Waals surface area contributed by atoms with Crippen molar-refractivity contribution >= 4 is 33.4 Å². The maximum Gasteiger partial charge on any atom is 0.295 e. The molecule has 2 heterocycles. The number of hydrogen-bond donors (Lipinski definition) is 1. The number of rotatable bonds is 6. The average molecular weight is 507 g/mol. The maximum atomic E-state index is 13.1. The molecule has 1 atom stereocenters. The molecule has 6 nitrogen and oxygen atoms in total. The SMILES string of the molecule is CC(C)Oc1ccc(C(O)=C2C(=O)C(=O)N(Cc3cccnc3)[C@H]2c2ccc(Br)cc2)cc1. The number of pyridine rings is 1. The minimum absolute atomic E-state index is 0.0136. The van der Waals surface area contributed by atoms with Crippen LogP contribution in [0.15, 0.2) is 83.1 Å². The Balaban J connectivity index is 1.79. The molecule has 0 saturated carbocycles. The number of aliphatic hydroxyl groups excluding tert-OH is 1. The summed E-state index contributed by atoms with van der Waals surface area (Å²) < 4.78 is 6.53. The van der Waals surface area contributed by atoms with Crippen molar-refractivity contribution < 1.29 is 19.4 Å². The Morgan fingerprint density at radius 1 is 1.09 bits per heavy atom. The van der Waals surface area contributed by atoms with Crippen molar-refractivity contribution in [2.45, 2.75) is 32.5 Å². The number of nitrogens with zero attached hydrogens (tertiary/aromatic N) is 2. The van der Waals surface area contributed by atoms with Crippen LogP contribution in [0, 0.1) is 0 Å². The second-order valence-corrected chi connectivity index (χ2v) is 8.95. The van der Waals surface area contributed by atoms with Crippen LogP contribution in [-0.4, -0.2) is 32.8 Å². The Morgan fingerprint density at radius 3 is 2.39 bits per heavy atom. The van der Waals surface area contributed by atoms with Gasteiger partial charge in [-0.05, 0) is 67.4 Å². The molecular weight excluding hydrogens is 484 g/mol. The monoisotopic (exact) mass is 506 g/mol. The summed E-state index contributed by atoms with van der Waals surface area (Å²) in [5, 5.41) is 11.2. The van der Waals surface area contributed by atoms with Crippen LogP contribution in [0.25, 0.3) is 5.76 Å². The van der Waals surface area contributed by atoms with Gasteiger partial charge in [0.25, 0.3) is 11.7 Å². The Kier molecular flexibility index (Phi) is 6.60. The van der Waals surface area contributed by atoms with Gasteiger partial charge in [0, 0.05) is 29.0 Å². The lowest BCUT2D eigenvalue weighted by atomic mass is 9.95. The number of halogens is 1. The highest BCUT2D eigenvalue weighted by Crippen LogP contribution is 2.40. The number of carbonyl (C=O) groups excluding carboxylic acids is 2. The van der Waals surface area contributed by atoms with Gasteiger partial charge in [-0.25, -0.2) is 0 Å². The lowest BCUT2D eigenvalue weighted by Crippen LogP contribution is -2.29. The number of ketones is 1. The van der Waals surface area contributed by atoms with Crippen molar-refractivity contribution in [1.82, 2.24) is 9.88 Å². The number of amides is 1.